The van der Waals surface area contributed by atoms with Crippen molar-refractivity contribution in [2.24, 2.45) is 0 Å². The lowest BCUT2D eigenvalue weighted by molar-refractivity contribution is 0.627. The van der Waals surface area contributed by atoms with Crippen LogP contribution in [-0.2, 0) is 5.88 Å². The summed E-state index contributed by atoms with van der Waals surface area (Å²) in [6.45, 7) is 1.85. The van der Waals surface area contributed by atoms with Gasteiger partial charge in [-0.05, 0) is 42.8 Å². The summed E-state index contributed by atoms with van der Waals surface area (Å²) in [5, 5.41) is 8.28. The zero-order chi connectivity index (χ0) is 14.8. The molecule has 0 aliphatic carbocycles. The number of rotatable bonds is 3. The molecule has 0 aliphatic heterocycles. The molecule has 0 aliphatic rings. The van der Waals surface area contributed by atoms with Crippen LogP contribution in [0.2, 0.25) is 0 Å². The Labute approximate surface area is 127 Å². The molecule has 5 heteroatoms. The summed E-state index contributed by atoms with van der Waals surface area (Å²) in [5.74, 6) is 1.15. The van der Waals surface area contributed by atoms with Crippen molar-refractivity contribution < 1.29 is 4.39 Å². The molecule has 1 heterocycles. The van der Waals surface area contributed by atoms with Crippen molar-refractivity contribution in [3.63, 3.8) is 0 Å². The fourth-order valence-corrected chi connectivity index (χ4v) is 2.48. The minimum absolute atomic E-state index is 0.232. The minimum Gasteiger partial charge on any atom is -0.278 e. The van der Waals surface area contributed by atoms with Crippen LogP contribution in [-0.4, -0.2) is 14.8 Å². The Bertz CT molecular complexity index is 748. The van der Waals surface area contributed by atoms with E-state index in [1.807, 2.05) is 47.9 Å². The number of aromatic nitrogens is 3. The Balaban J connectivity index is 2.22. The van der Waals surface area contributed by atoms with Gasteiger partial charge in [-0.3, -0.25) is 4.57 Å². The van der Waals surface area contributed by atoms with Crippen molar-refractivity contribution in [2.75, 3.05) is 0 Å². The van der Waals surface area contributed by atoms with Crippen LogP contribution in [0.3, 0.4) is 0 Å². The van der Waals surface area contributed by atoms with Gasteiger partial charge < -0.3 is 0 Å². The molecule has 0 saturated carbocycles. The molecule has 0 bridgehead atoms. The standard InChI is InChI=1S/C16H13ClFN3/c1-11-7-12(9-13(18)8-11)16-20-19-15(10-17)21(16)14-5-3-2-4-6-14/h2-9H,10H2,1H3. The molecule has 3 rings (SSSR count). The van der Waals surface area contributed by atoms with E-state index in [0.717, 1.165) is 11.3 Å². The lowest BCUT2D eigenvalue weighted by Gasteiger charge is -2.10. The summed E-state index contributed by atoms with van der Waals surface area (Å²) < 4.78 is 15.5. The predicted octanol–water partition coefficient (Wildman–Crippen LogP) is 4.12. The first-order valence-electron chi connectivity index (χ1n) is 6.52. The molecule has 0 saturated heterocycles. The van der Waals surface area contributed by atoms with Crippen LogP contribution < -0.4 is 0 Å². The first kappa shape index (κ1) is 13.8. The van der Waals surface area contributed by atoms with Crippen molar-refractivity contribution in [1.29, 1.82) is 0 Å². The quantitative estimate of drug-likeness (QED) is 0.681. The molecule has 0 unspecified atom stereocenters. The van der Waals surface area contributed by atoms with E-state index in [-0.39, 0.29) is 11.7 Å². The number of hydrogen-bond acceptors (Lipinski definition) is 2. The predicted molar refractivity (Wildman–Crippen MR) is 81.0 cm³/mol. The average Bonchev–Trinajstić information content (AvgIpc) is 2.91. The van der Waals surface area contributed by atoms with Gasteiger partial charge in [0.15, 0.2) is 11.6 Å². The lowest BCUT2D eigenvalue weighted by atomic mass is 10.1. The third kappa shape index (κ3) is 2.67. The largest absolute Gasteiger partial charge is 0.278 e. The van der Waals surface area contributed by atoms with Gasteiger partial charge in [-0.1, -0.05) is 18.2 Å². The second-order valence-electron chi connectivity index (χ2n) is 4.76. The normalized spacial score (nSPS) is 10.8. The highest BCUT2D eigenvalue weighted by atomic mass is 35.5. The second kappa shape index (κ2) is 5.66. The molecule has 21 heavy (non-hydrogen) atoms. The average molecular weight is 302 g/mol. The smallest absolute Gasteiger partial charge is 0.168 e. The van der Waals surface area contributed by atoms with Crippen LogP contribution in [0.1, 0.15) is 11.4 Å². The van der Waals surface area contributed by atoms with E-state index < -0.39 is 0 Å². The van der Waals surface area contributed by atoms with Crippen LogP contribution in [0.25, 0.3) is 17.1 Å². The topological polar surface area (TPSA) is 30.7 Å². The number of alkyl halides is 1. The summed E-state index contributed by atoms with van der Waals surface area (Å²) in [6.07, 6.45) is 0. The van der Waals surface area contributed by atoms with Gasteiger partial charge in [0, 0.05) is 11.3 Å². The minimum atomic E-state index is -0.292. The SMILES string of the molecule is Cc1cc(F)cc(-c2nnc(CCl)n2-c2ccccc2)c1. The highest BCUT2D eigenvalue weighted by molar-refractivity contribution is 6.16. The van der Waals surface area contributed by atoms with Crippen LogP contribution in [0.5, 0.6) is 0 Å². The summed E-state index contributed by atoms with van der Waals surface area (Å²) in [4.78, 5) is 0. The maximum Gasteiger partial charge on any atom is 0.168 e. The van der Waals surface area contributed by atoms with Crippen LogP contribution in [0, 0.1) is 12.7 Å². The molecule has 0 atom stereocenters. The molecule has 106 valence electrons. The highest BCUT2D eigenvalue weighted by Gasteiger charge is 2.15. The van der Waals surface area contributed by atoms with Gasteiger partial charge in [0.1, 0.15) is 5.82 Å². The van der Waals surface area contributed by atoms with E-state index in [1.165, 1.54) is 12.1 Å². The van der Waals surface area contributed by atoms with Gasteiger partial charge in [0.05, 0.1) is 5.88 Å². The van der Waals surface area contributed by atoms with E-state index in [2.05, 4.69) is 10.2 Å². The molecule has 3 nitrogen and oxygen atoms in total. The number of para-hydroxylation sites is 1. The van der Waals surface area contributed by atoms with Gasteiger partial charge in [0.25, 0.3) is 0 Å². The second-order valence-corrected chi connectivity index (χ2v) is 5.03. The summed E-state index contributed by atoms with van der Waals surface area (Å²) >= 11 is 5.95. The van der Waals surface area contributed by atoms with Crippen molar-refractivity contribution in [3.8, 4) is 17.1 Å². The number of nitrogens with zero attached hydrogens (tertiary/aromatic N) is 3. The molecule has 3 aromatic rings. The third-order valence-electron chi connectivity index (χ3n) is 3.16. The van der Waals surface area contributed by atoms with Crippen molar-refractivity contribution in [3.05, 3.63) is 65.7 Å². The maximum atomic E-state index is 13.7. The Kier molecular flexibility index (Phi) is 3.71. The summed E-state index contributed by atoms with van der Waals surface area (Å²) in [6, 6.07) is 14.5. The fourth-order valence-electron chi connectivity index (χ4n) is 2.30. The van der Waals surface area contributed by atoms with E-state index in [0.29, 0.717) is 17.2 Å². The maximum absolute atomic E-state index is 13.7. The Morgan fingerprint density at radius 3 is 2.52 bits per heavy atom. The van der Waals surface area contributed by atoms with Gasteiger partial charge in [-0.25, -0.2) is 4.39 Å². The number of hydrogen-bond donors (Lipinski definition) is 0. The van der Waals surface area contributed by atoms with E-state index in [1.54, 1.807) is 0 Å². The molecule has 0 amide bonds. The number of benzene rings is 2. The van der Waals surface area contributed by atoms with E-state index in [9.17, 15) is 4.39 Å². The molecular formula is C16H13ClFN3. The van der Waals surface area contributed by atoms with Crippen molar-refractivity contribution >= 4 is 11.6 Å². The molecule has 0 radical (unpaired) electrons. The molecular weight excluding hydrogens is 289 g/mol. The van der Waals surface area contributed by atoms with E-state index >= 15 is 0 Å². The third-order valence-corrected chi connectivity index (χ3v) is 3.40. The van der Waals surface area contributed by atoms with Gasteiger partial charge >= 0.3 is 0 Å². The zero-order valence-corrected chi connectivity index (χ0v) is 12.2. The lowest BCUT2D eigenvalue weighted by Crippen LogP contribution is -2.02. The van der Waals surface area contributed by atoms with Crippen molar-refractivity contribution in [2.45, 2.75) is 12.8 Å². The number of aryl methyl sites for hydroxylation is 1. The molecule has 0 spiro atoms. The molecule has 0 N–H and O–H groups in total. The highest BCUT2D eigenvalue weighted by Crippen LogP contribution is 2.25. The zero-order valence-electron chi connectivity index (χ0n) is 11.4. The monoisotopic (exact) mass is 301 g/mol. The van der Waals surface area contributed by atoms with Crippen LogP contribution in [0.4, 0.5) is 4.39 Å². The summed E-state index contributed by atoms with van der Waals surface area (Å²) in [7, 11) is 0. The van der Waals surface area contributed by atoms with Crippen molar-refractivity contribution in [1.82, 2.24) is 14.8 Å². The van der Waals surface area contributed by atoms with E-state index in [4.69, 9.17) is 11.6 Å². The molecule has 1 aromatic heterocycles. The summed E-state index contributed by atoms with van der Waals surface area (Å²) in [5.41, 5.74) is 2.41. The number of halogens is 2. The van der Waals surface area contributed by atoms with Gasteiger partial charge in [-0.15, -0.1) is 21.8 Å². The molecule has 0 fully saturated rings. The van der Waals surface area contributed by atoms with Crippen LogP contribution >= 0.6 is 11.6 Å². The Hall–Kier alpha value is -2.20. The Morgan fingerprint density at radius 2 is 1.86 bits per heavy atom. The first-order valence-corrected chi connectivity index (χ1v) is 7.06. The fraction of sp³-hybridized carbons (Fsp3) is 0.125. The van der Waals surface area contributed by atoms with Crippen LogP contribution in [0.15, 0.2) is 48.5 Å². The Morgan fingerprint density at radius 1 is 1.10 bits per heavy atom. The first-order chi connectivity index (χ1) is 10.2. The van der Waals surface area contributed by atoms with Gasteiger partial charge in [0.2, 0.25) is 0 Å². The molecule has 2 aromatic carbocycles. The van der Waals surface area contributed by atoms with Gasteiger partial charge in [-0.2, -0.15) is 0 Å².